The summed E-state index contributed by atoms with van der Waals surface area (Å²) in [6.07, 6.45) is -4.67. The fourth-order valence-electron chi connectivity index (χ4n) is 3.15. The Morgan fingerprint density at radius 1 is 0.714 bits per heavy atom. The highest BCUT2D eigenvalue weighted by Gasteiger charge is 2.37. The highest BCUT2D eigenvalue weighted by molar-refractivity contribution is 6.13. The van der Waals surface area contributed by atoms with Crippen LogP contribution in [0.15, 0.2) is 34.5 Å². The van der Waals surface area contributed by atoms with Crippen LogP contribution in [0.4, 0.5) is 46.5 Å². The van der Waals surface area contributed by atoms with Gasteiger partial charge in [0.15, 0.2) is 23.3 Å². The van der Waals surface area contributed by atoms with Gasteiger partial charge in [-0.1, -0.05) is 12.1 Å². The van der Waals surface area contributed by atoms with E-state index in [-0.39, 0.29) is 29.2 Å². The van der Waals surface area contributed by atoms with Crippen molar-refractivity contribution in [2.45, 2.75) is 32.9 Å². The summed E-state index contributed by atoms with van der Waals surface area (Å²) in [7, 11) is 0. The Labute approximate surface area is 192 Å². The summed E-state index contributed by atoms with van der Waals surface area (Å²) in [6.45, 7) is 3.00. The molecule has 0 radical (unpaired) electrons. The molecule has 0 bridgehead atoms. The Hall–Kier alpha value is -3.84. The minimum atomic E-state index is -4.50. The van der Waals surface area contributed by atoms with Gasteiger partial charge < -0.3 is 0 Å². The zero-order valence-corrected chi connectivity index (χ0v) is 17.9. The lowest BCUT2D eigenvalue weighted by atomic mass is 10.1. The predicted molar refractivity (Wildman–Crippen MR) is 108 cm³/mol. The molecule has 35 heavy (non-hydrogen) atoms. The number of hydrogen-bond acceptors (Lipinski definition) is 4. The second-order valence-electron chi connectivity index (χ2n) is 7.37. The first kappa shape index (κ1) is 25.8. The first-order valence-corrected chi connectivity index (χ1v) is 9.65. The molecule has 2 aliphatic rings. The lowest BCUT2D eigenvalue weighted by Crippen LogP contribution is -2.23. The molecule has 0 atom stereocenters. The molecule has 2 amide bonds. The Morgan fingerprint density at radius 2 is 1.14 bits per heavy atom. The van der Waals surface area contributed by atoms with Crippen LogP contribution in [0.2, 0.25) is 0 Å². The lowest BCUT2D eigenvalue weighted by molar-refractivity contribution is -0.137. The first-order valence-electron chi connectivity index (χ1n) is 9.65. The van der Waals surface area contributed by atoms with E-state index in [0.717, 1.165) is 11.1 Å². The van der Waals surface area contributed by atoms with Crippen LogP contribution in [0.5, 0.6) is 0 Å². The number of rotatable bonds is 2. The number of alkyl halides is 3. The second-order valence-corrected chi connectivity index (χ2v) is 7.37. The smallest absolute Gasteiger partial charge is 0.272 e. The summed E-state index contributed by atoms with van der Waals surface area (Å²) in [4.78, 5) is 22.8. The molecule has 6 nitrogen and oxygen atoms in total. The summed E-state index contributed by atoms with van der Waals surface area (Å²) in [5.41, 5.74) is -1.71. The van der Waals surface area contributed by atoms with E-state index < -0.39 is 58.3 Å². The molecule has 2 heterocycles. The normalized spacial score (nSPS) is 15.8. The first-order chi connectivity index (χ1) is 16.2. The van der Waals surface area contributed by atoms with E-state index in [4.69, 9.17) is 0 Å². The molecule has 0 aliphatic carbocycles. The number of para-hydroxylation sites is 1. The Morgan fingerprint density at radius 3 is 1.57 bits per heavy atom. The van der Waals surface area contributed by atoms with Gasteiger partial charge in [0, 0.05) is 11.4 Å². The Kier molecular flexibility index (Phi) is 6.94. The Bertz CT molecular complexity index is 1240. The average Bonchev–Trinajstić information content (AvgIpc) is 3.30. The number of anilines is 2. The van der Waals surface area contributed by atoms with Gasteiger partial charge in [0.1, 0.15) is 5.69 Å². The van der Waals surface area contributed by atoms with Crippen LogP contribution >= 0.6 is 0 Å². The molecule has 2 aliphatic heterocycles. The third-order valence-corrected chi connectivity index (χ3v) is 4.66. The second kappa shape index (κ2) is 9.43. The van der Waals surface area contributed by atoms with Crippen molar-refractivity contribution < 1.29 is 44.7 Å². The number of carbonyl (C=O) groups excluding carboxylic acids is 2. The van der Waals surface area contributed by atoms with E-state index in [0.29, 0.717) is 5.71 Å². The molecular weight excluding hydrogens is 492 g/mol. The molecule has 14 heteroatoms. The quantitative estimate of drug-likeness (QED) is 0.315. The van der Waals surface area contributed by atoms with Gasteiger partial charge in [-0.3, -0.25) is 9.59 Å². The van der Waals surface area contributed by atoms with Crippen molar-refractivity contribution in [3.63, 3.8) is 0 Å². The third-order valence-electron chi connectivity index (χ3n) is 4.66. The molecule has 2 aromatic rings. The van der Waals surface area contributed by atoms with E-state index in [1.165, 1.54) is 25.1 Å². The summed E-state index contributed by atoms with van der Waals surface area (Å²) in [5.74, 6) is -12.0. The summed E-state index contributed by atoms with van der Waals surface area (Å²) < 4.78 is 104. The number of halogens is 8. The summed E-state index contributed by atoms with van der Waals surface area (Å²) >= 11 is 0. The molecule has 0 unspecified atom stereocenters. The van der Waals surface area contributed by atoms with Crippen molar-refractivity contribution >= 4 is 34.6 Å². The molecule has 4 rings (SSSR count). The molecule has 0 saturated heterocycles. The fourth-order valence-corrected chi connectivity index (χ4v) is 3.15. The largest absolute Gasteiger partial charge is 0.418 e. The molecule has 186 valence electrons. The van der Waals surface area contributed by atoms with Gasteiger partial charge in [-0.2, -0.15) is 33.4 Å². The van der Waals surface area contributed by atoms with Crippen LogP contribution in [-0.2, 0) is 15.8 Å². The maximum absolute atomic E-state index is 13.4. The Balaban J connectivity index is 0.000000196. The molecular formula is C21H14F8N4O2. The number of benzene rings is 2. The summed E-state index contributed by atoms with van der Waals surface area (Å²) in [6, 6.07) is 4.90. The molecule has 0 spiro atoms. The van der Waals surface area contributed by atoms with Crippen LogP contribution in [0.1, 0.15) is 32.3 Å². The fraction of sp³-hybridized carbons (Fsp3) is 0.238. The highest BCUT2D eigenvalue weighted by atomic mass is 19.4. The average molecular weight is 506 g/mol. The molecule has 2 aromatic carbocycles. The van der Waals surface area contributed by atoms with E-state index in [2.05, 4.69) is 10.2 Å². The third kappa shape index (κ3) is 5.00. The monoisotopic (exact) mass is 506 g/mol. The van der Waals surface area contributed by atoms with E-state index >= 15 is 0 Å². The van der Waals surface area contributed by atoms with Crippen LogP contribution in [0.25, 0.3) is 0 Å². The van der Waals surface area contributed by atoms with Gasteiger partial charge in [0.05, 0.1) is 24.1 Å². The van der Waals surface area contributed by atoms with Crippen molar-refractivity contribution in [2.24, 2.45) is 10.2 Å². The van der Waals surface area contributed by atoms with Gasteiger partial charge >= 0.3 is 6.18 Å². The van der Waals surface area contributed by atoms with Crippen molar-refractivity contribution in [2.75, 3.05) is 10.0 Å². The number of amides is 2. The number of nitrogens with zero attached hydrogens (tertiary/aromatic N) is 4. The van der Waals surface area contributed by atoms with Crippen molar-refractivity contribution in [3.8, 4) is 0 Å². The maximum atomic E-state index is 13.4. The zero-order valence-electron chi connectivity index (χ0n) is 17.9. The maximum Gasteiger partial charge on any atom is 0.418 e. The van der Waals surface area contributed by atoms with Gasteiger partial charge in [-0.25, -0.2) is 22.0 Å². The van der Waals surface area contributed by atoms with Crippen LogP contribution in [0, 0.1) is 29.1 Å². The van der Waals surface area contributed by atoms with Gasteiger partial charge in [-0.15, -0.1) is 0 Å². The highest BCUT2D eigenvalue weighted by Crippen LogP contribution is 2.37. The van der Waals surface area contributed by atoms with Gasteiger partial charge in [0.2, 0.25) is 5.82 Å². The predicted octanol–water partition coefficient (Wildman–Crippen LogP) is 5.31. The molecule has 0 fully saturated rings. The minimum absolute atomic E-state index is 0.0617. The van der Waals surface area contributed by atoms with Crippen molar-refractivity contribution in [3.05, 3.63) is 58.9 Å². The zero-order chi connectivity index (χ0) is 26.2. The number of hydrogen-bond donors (Lipinski definition) is 0. The number of carbonyl (C=O) groups is 2. The van der Waals surface area contributed by atoms with E-state index in [1.54, 1.807) is 6.92 Å². The van der Waals surface area contributed by atoms with E-state index in [1.807, 2.05) is 0 Å². The minimum Gasteiger partial charge on any atom is -0.272 e. The molecule has 0 N–H and O–H groups in total. The van der Waals surface area contributed by atoms with Crippen LogP contribution < -0.4 is 10.0 Å². The van der Waals surface area contributed by atoms with Crippen LogP contribution in [-0.4, -0.2) is 23.2 Å². The van der Waals surface area contributed by atoms with Crippen molar-refractivity contribution in [1.82, 2.24) is 0 Å². The topological polar surface area (TPSA) is 65.3 Å². The summed E-state index contributed by atoms with van der Waals surface area (Å²) in [5, 5.41) is 8.26. The number of hydrazone groups is 2. The van der Waals surface area contributed by atoms with Gasteiger partial charge in [-0.05, 0) is 26.0 Å². The standard InChI is InChI=1S/C11H9F3N2O.C10H5F5N2O/c1-7-6-10(17)16(15-7)9-5-3-2-4-8(9)11(12,13)14;1-3-2-4(18)17(16-3)10-8(14)6(12)5(11)7(13)9(10)15/h2-5H,6H2,1H3;2H2,1H3. The van der Waals surface area contributed by atoms with Gasteiger partial charge in [0.25, 0.3) is 11.8 Å². The van der Waals surface area contributed by atoms with Crippen molar-refractivity contribution in [1.29, 1.82) is 0 Å². The molecule has 0 saturated carbocycles. The van der Waals surface area contributed by atoms with E-state index in [9.17, 15) is 44.7 Å². The lowest BCUT2D eigenvalue weighted by Gasteiger charge is -2.17. The SMILES string of the molecule is CC1=NN(c2c(F)c(F)c(F)c(F)c2F)C(=O)C1.CC1=NN(c2ccccc2C(F)(F)F)C(=O)C1. The van der Waals surface area contributed by atoms with Crippen LogP contribution in [0.3, 0.4) is 0 Å². The molecule has 0 aromatic heterocycles.